The van der Waals surface area contributed by atoms with Crippen LogP contribution >= 0.6 is 23.1 Å². The lowest BCUT2D eigenvalue weighted by Crippen LogP contribution is -2.35. The van der Waals surface area contributed by atoms with Crippen LogP contribution < -0.4 is 4.90 Å². The summed E-state index contributed by atoms with van der Waals surface area (Å²) in [4.78, 5) is 16.5. The van der Waals surface area contributed by atoms with Crippen LogP contribution in [0.4, 0.5) is 5.69 Å². The van der Waals surface area contributed by atoms with Gasteiger partial charge in [-0.05, 0) is 48.4 Å². The Balaban J connectivity index is 1.35. The maximum absolute atomic E-state index is 13.3. The number of benzene rings is 2. The number of carbonyl (C=O) groups is 1. The first kappa shape index (κ1) is 21.9. The van der Waals surface area contributed by atoms with E-state index < -0.39 is 0 Å². The highest BCUT2D eigenvalue weighted by molar-refractivity contribution is 8.00. The van der Waals surface area contributed by atoms with Crippen LogP contribution in [-0.4, -0.2) is 32.5 Å². The zero-order valence-corrected chi connectivity index (χ0v) is 20.2. The number of fused-ring (bicyclic) bond motifs is 1. The first-order chi connectivity index (χ1) is 16.2. The van der Waals surface area contributed by atoms with Gasteiger partial charge in [0.25, 0.3) is 0 Å². The number of amides is 1. The Bertz CT molecular complexity index is 1220. The number of carbonyl (C=O) groups excluding carboxylic acids is 1. The van der Waals surface area contributed by atoms with Gasteiger partial charge in [-0.25, -0.2) is 0 Å². The maximum atomic E-state index is 13.3. The van der Waals surface area contributed by atoms with Crippen LogP contribution in [-0.2, 0) is 30.6 Å². The molecule has 0 saturated heterocycles. The number of anilines is 1. The molecule has 7 heteroatoms. The minimum atomic E-state index is -0.245. The standard InChI is InChI=1S/C26H26N4OS2/c1-19(25(31)29-16-14-21-10-5-6-12-23(21)29)33-26-28-27-24(18-22-11-7-17-32-22)30(26)15-13-20-8-3-2-4-9-20/h2-12,17,19H,13-16,18H2,1H3. The summed E-state index contributed by atoms with van der Waals surface area (Å²) >= 11 is 3.24. The van der Waals surface area contributed by atoms with E-state index in [9.17, 15) is 4.79 Å². The SMILES string of the molecule is CC(Sc1nnc(Cc2cccs2)n1CCc1ccccc1)C(=O)N1CCc2ccccc21. The molecular formula is C26H26N4OS2. The van der Waals surface area contributed by atoms with Crippen molar-refractivity contribution in [1.29, 1.82) is 0 Å². The molecule has 2 aromatic heterocycles. The molecule has 2 aromatic carbocycles. The van der Waals surface area contributed by atoms with E-state index in [-0.39, 0.29) is 11.2 Å². The number of aryl methyl sites for hydroxylation is 1. The van der Waals surface area contributed by atoms with Crippen molar-refractivity contribution in [3.8, 4) is 0 Å². The van der Waals surface area contributed by atoms with Gasteiger partial charge in [0.05, 0.1) is 5.25 Å². The molecule has 0 radical (unpaired) electrons. The van der Waals surface area contributed by atoms with Crippen molar-refractivity contribution >= 4 is 34.7 Å². The summed E-state index contributed by atoms with van der Waals surface area (Å²) in [6.07, 6.45) is 2.56. The van der Waals surface area contributed by atoms with Crippen molar-refractivity contribution in [3.63, 3.8) is 0 Å². The minimum Gasteiger partial charge on any atom is -0.311 e. The molecule has 0 spiro atoms. The van der Waals surface area contributed by atoms with Crippen LogP contribution in [0.5, 0.6) is 0 Å². The second kappa shape index (κ2) is 9.93. The highest BCUT2D eigenvalue weighted by Gasteiger charge is 2.29. The van der Waals surface area contributed by atoms with E-state index in [1.54, 1.807) is 11.3 Å². The predicted octanol–water partition coefficient (Wildman–Crippen LogP) is 5.24. The van der Waals surface area contributed by atoms with Crippen LogP contribution in [0.15, 0.2) is 77.3 Å². The summed E-state index contributed by atoms with van der Waals surface area (Å²) < 4.78 is 2.19. The molecule has 3 heterocycles. The molecule has 5 nitrogen and oxygen atoms in total. The van der Waals surface area contributed by atoms with Gasteiger partial charge in [-0.2, -0.15) is 0 Å². The summed E-state index contributed by atoms with van der Waals surface area (Å²) in [6.45, 7) is 3.50. The summed E-state index contributed by atoms with van der Waals surface area (Å²) in [7, 11) is 0. The quantitative estimate of drug-likeness (QED) is 0.328. The minimum absolute atomic E-state index is 0.127. The summed E-state index contributed by atoms with van der Waals surface area (Å²) in [6, 6.07) is 22.8. The Morgan fingerprint density at radius 3 is 2.70 bits per heavy atom. The third-order valence-electron chi connectivity index (χ3n) is 5.96. The average molecular weight is 475 g/mol. The third-order valence-corrected chi connectivity index (χ3v) is 7.90. The highest BCUT2D eigenvalue weighted by atomic mass is 32.2. The lowest BCUT2D eigenvalue weighted by molar-refractivity contribution is -0.117. The van der Waals surface area contributed by atoms with Gasteiger partial charge in [0.15, 0.2) is 5.16 Å². The van der Waals surface area contributed by atoms with Gasteiger partial charge in [-0.3, -0.25) is 4.79 Å². The van der Waals surface area contributed by atoms with Crippen molar-refractivity contribution in [2.45, 2.75) is 43.1 Å². The molecule has 5 rings (SSSR count). The van der Waals surface area contributed by atoms with Gasteiger partial charge in [0, 0.05) is 30.1 Å². The molecule has 0 saturated carbocycles. The smallest absolute Gasteiger partial charge is 0.240 e. The Morgan fingerprint density at radius 1 is 1.06 bits per heavy atom. The van der Waals surface area contributed by atoms with Gasteiger partial charge >= 0.3 is 0 Å². The van der Waals surface area contributed by atoms with E-state index in [1.807, 2.05) is 36.1 Å². The molecule has 168 valence electrons. The normalized spacial score (nSPS) is 13.8. The van der Waals surface area contributed by atoms with Crippen LogP contribution in [0.25, 0.3) is 0 Å². The van der Waals surface area contributed by atoms with Crippen molar-refractivity contribution in [3.05, 3.63) is 93.9 Å². The maximum Gasteiger partial charge on any atom is 0.240 e. The number of hydrogen-bond acceptors (Lipinski definition) is 5. The number of rotatable bonds is 8. The van der Waals surface area contributed by atoms with Gasteiger partial charge in [0.2, 0.25) is 5.91 Å². The summed E-state index contributed by atoms with van der Waals surface area (Å²) in [5, 5.41) is 11.7. The third kappa shape index (κ3) is 4.89. The second-order valence-corrected chi connectivity index (χ2v) is 10.5. The number of thiophene rings is 1. The fourth-order valence-corrected chi connectivity index (χ4v) is 5.87. The molecule has 0 N–H and O–H groups in total. The van der Waals surface area contributed by atoms with E-state index in [4.69, 9.17) is 0 Å². The Hall–Kier alpha value is -2.90. The fourth-order valence-electron chi connectivity index (χ4n) is 4.21. The number of aromatic nitrogens is 3. The first-order valence-electron chi connectivity index (χ1n) is 11.2. The zero-order chi connectivity index (χ0) is 22.6. The molecule has 33 heavy (non-hydrogen) atoms. The molecule has 0 bridgehead atoms. The van der Waals surface area contributed by atoms with E-state index in [0.717, 1.165) is 49.0 Å². The average Bonchev–Trinajstić information content (AvgIpc) is 3.59. The van der Waals surface area contributed by atoms with Crippen LogP contribution in [0, 0.1) is 0 Å². The highest BCUT2D eigenvalue weighted by Crippen LogP contribution is 2.31. The number of hydrogen-bond donors (Lipinski definition) is 0. The monoisotopic (exact) mass is 474 g/mol. The zero-order valence-electron chi connectivity index (χ0n) is 18.6. The van der Waals surface area contributed by atoms with E-state index in [0.29, 0.717) is 0 Å². The van der Waals surface area contributed by atoms with Crippen molar-refractivity contribution in [1.82, 2.24) is 14.8 Å². The number of thioether (sulfide) groups is 1. The molecular weight excluding hydrogens is 448 g/mol. The van der Waals surface area contributed by atoms with Crippen molar-refractivity contribution in [2.24, 2.45) is 0 Å². The molecule has 1 aliphatic heterocycles. The topological polar surface area (TPSA) is 51.0 Å². The summed E-state index contributed by atoms with van der Waals surface area (Å²) in [5.74, 6) is 1.07. The molecule has 1 unspecified atom stereocenters. The number of nitrogens with zero attached hydrogens (tertiary/aromatic N) is 4. The molecule has 1 atom stereocenters. The van der Waals surface area contributed by atoms with Gasteiger partial charge < -0.3 is 9.47 Å². The molecule has 0 aliphatic carbocycles. The Labute approximate surface area is 202 Å². The van der Waals surface area contributed by atoms with E-state index in [1.165, 1.54) is 27.8 Å². The lowest BCUT2D eigenvalue weighted by atomic mass is 10.1. The molecule has 4 aromatic rings. The van der Waals surface area contributed by atoms with E-state index >= 15 is 0 Å². The Kier molecular flexibility index (Phi) is 6.60. The molecule has 1 amide bonds. The van der Waals surface area contributed by atoms with Crippen molar-refractivity contribution < 1.29 is 4.79 Å². The Morgan fingerprint density at radius 2 is 1.88 bits per heavy atom. The van der Waals surface area contributed by atoms with Crippen LogP contribution in [0.2, 0.25) is 0 Å². The lowest BCUT2D eigenvalue weighted by Gasteiger charge is -2.21. The molecule has 0 fully saturated rings. The van der Waals surface area contributed by atoms with Crippen LogP contribution in [0.3, 0.4) is 0 Å². The fraction of sp³-hybridized carbons (Fsp3) is 0.269. The number of para-hydroxylation sites is 1. The van der Waals surface area contributed by atoms with Crippen LogP contribution in [0.1, 0.15) is 28.8 Å². The first-order valence-corrected chi connectivity index (χ1v) is 13.0. The van der Waals surface area contributed by atoms with Crippen molar-refractivity contribution in [2.75, 3.05) is 11.4 Å². The largest absolute Gasteiger partial charge is 0.311 e. The molecule has 1 aliphatic rings. The van der Waals surface area contributed by atoms with E-state index in [2.05, 4.69) is 62.6 Å². The predicted molar refractivity (Wildman–Crippen MR) is 135 cm³/mol. The van der Waals surface area contributed by atoms with Gasteiger partial charge in [-0.15, -0.1) is 21.5 Å². The summed E-state index contributed by atoms with van der Waals surface area (Å²) in [5.41, 5.74) is 3.56. The second-order valence-electron chi connectivity index (χ2n) is 8.17. The van der Waals surface area contributed by atoms with Gasteiger partial charge in [-0.1, -0.05) is 66.4 Å². The van der Waals surface area contributed by atoms with Gasteiger partial charge in [0.1, 0.15) is 5.82 Å².